The predicted octanol–water partition coefficient (Wildman–Crippen LogP) is 3.01. The molecule has 4 heterocycles. The highest BCUT2D eigenvalue weighted by Crippen LogP contribution is 2.33. The van der Waals surface area contributed by atoms with E-state index in [-0.39, 0.29) is 0 Å². The highest BCUT2D eigenvalue weighted by Gasteiger charge is 2.25. The summed E-state index contributed by atoms with van der Waals surface area (Å²) in [6, 6.07) is 5.23. The van der Waals surface area contributed by atoms with Gasteiger partial charge in [-0.3, -0.25) is 5.10 Å². The molecule has 1 fully saturated rings. The average Bonchev–Trinajstić information content (AvgIpc) is 3.34. The van der Waals surface area contributed by atoms with E-state index in [4.69, 9.17) is 9.72 Å². The third kappa shape index (κ3) is 3.33. The number of H-pyrrole nitrogens is 1. The fraction of sp³-hybridized carbons (Fsp3) is 0.500. The number of likely N-dealkylation sites (N-methyl/N-ethyl adjacent to an activating group) is 1. The number of benzene rings is 1. The number of likely N-dealkylation sites (tertiary alicyclic amines) is 1. The van der Waals surface area contributed by atoms with Crippen molar-refractivity contribution in [2.24, 2.45) is 0 Å². The summed E-state index contributed by atoms with van der Waals surface area (Å²) in [5.74, 6) is 0. The smallest absolute Gasteiger partial charge is 0.316 e. The Morgan fingerprint density at radius 3 is 2.93 bits per heavy atom. The van der Waals surface area contributed by atoms with Crippen LogP contribution in [0.2, 0.25) is 0 Å². The van der Waals surface area contributed by atoms with E-state index >= 15 is 0 Å². The molecule has 2 aromatic heterocycles. The number of hydrogen-bond donors (Lipinski definition) is 1. The molecule has 0 bridgehead atoms. The lowest BCUT2D eigenvalue weighted by Gasteiger charge is -2.32. The van der Waals surface area contributed by atoms with E-state index in [0.29, 0.717) is 18.7 Å². The Kier molecular flexibility index (Phi) is 4.62. The number of rotatable bonds is 4. The van der Waals surface area contributed by atoms with Gasteiger partial charge in [0.05, 0.1) is 29.6 Å². The average molecular weight is 393 g/mol. The quantitative estimate of drug-likeness (QED) is 0.736. The third-order valence-corrected chi connectivity index (χ3v) is 6.44. The Labute approximate surface area is 171 Å². The number of fused-ring (bicyclic) bond motifs is 2. The molecule has 7 nitrogen and oxygen atoms in total. The van der Waals surface area contributed by atoms with E-state index < -0.39 is 0 Å². The van der Waals surface area contributed by atoms with Crippen LogP contribution >= 0.6 is 0 Å². The molecule has 0 radical (unpaired) electrons. The van der Waals surface area contributed by atoms with Crippen LogP contribution in [0.1, 0.15) is 35.4 Å². The summed E-state index contributed by atoms with van der Waals surface area (Å²) in [5, 5.41) is 8.49. The number of hydrogen-bond acceptors (Lipinski definition) is 6. The molecule has 0 saturated carbocycles. The summed E-state index contributed by atoms with van der Waals surface area (Å²) in [5.41, 5.74) is 6.96. The van der Waals surface area contributed by atoms with Gasteiger partial charge in [0, 0.05) is 23.7 Å². The summed E-state index contributed by atoms with van der Waals surface area (Å²) in [6.07, 6.45) is 5.29. The van der Waals surface area contributed by atoms with Gasteiger partial charge in [-0.05, 0) is 63.9 Å². The van der Waals surface area contributed by atoms with Crippen LogP contribution in [-0.2, 0) is 13.0 Å². The van der Waals surface area contributed by atoms with Crippen molar-refractivity contribution in [2.45, 2.75) is 45.7 Å². The fourth-order valence-corrected chi connectivity index (χ4v) is 4.74. The maximum atomic E-state index is 6.03. The summed E-state index contributed by atoms with van der Waals surface area (Å²) in [6.45, 7) is 7.76. The minimum atomic E-state index is 0.466. The van der Waals surface area contributed by atoms with Gasteiger partial charge in [0.2, 0.25) is 0 Å². The molecule has 2 aliphatic rings. The van der Waals surface area contributed by atoms with E-state index in [1.165, 1.54) is 35.0 Å². The fourth-order valence-electron chi connectivity index (χ4n) is 4.74. The van der Waals surface area contributed by atoms with Gasteiger partial charge in [-0.1, -0.05) is 6.07 Å². The second-order valence-electron chi connectivity index (χ2n) is 8.34. The van der Waals surface area contributed by atoms with E-state index in [9.17, 15) is 0 Å². The number of aromatic amines is 1. The van der Waals surface area contributed by atoms with E-state index in [1.807, 2.05) is 6.20 Å². The summed E-state index contributed by atoms with van der Waals surface area (Å²) >= 11 is 0. The molecule has 7 heteroatoms. The molecule has 0 amide bonds. The van der Waals surface area contributed by atoms with Gasteiger partial charge in [-0.15, -0.1) is 0 Å². The van der Waals surface area contributed by atoms with Gasteiger partial charge in [0.1, 0.15) is 6.61 Å². The van der Waals surface area contributed by atoms with Gasteiger partial charge in [0.15, 0.2) is 0 Å². The van der Waals surface area contributed by atoms with E-state index in [2.05, 4.69) is 58.0 Å². The van der Waals surface area contributed by atoms with E-state index in [0.717, 1.165) is 43.0 Å². The van der Waals surface area contributed by atoms with Crippen LogP contribution in [0.15, 0.2) is 18.3 Å². The van der Waals surface area contributed by atoms with Crippen molar-refractivity contribution >= 4 is 16.6 Å². The highest BCUT2D eigenvalue weighted by molar-refractivity contribution is 5.93. The Morgan fingerprint density at radius 1 is 1.21 bits per heavy atom. The highest BCUT2D eigenvalue weighted by atomic mass is 16.5. The molecule has 3 aromatic rings. The molecule has 2 aliphatic heterocycles. The standard InChI is InChI=1S/C22H28N6O/c1-14-6-7-19-18(11-23-26-19)21(14)28-10-8-17-15(2)24-22(25-20(17)12-28)29-13-16-5-4-9-27(16)3/h6-7,11,16H,4-5,8-10,12-13H2,1-3H3,(H,23,26). The van der Waals surface area contributed by atoms with Crippen LogP contribution in [0.4, 0.5) is 5.69 Å². The van der Waals surface area contributed by atoms with Crippen LogP contribution in [0.5, 0.6) is 6.01 Å². The maximum absolute atomic E-state index is 6.03. The largest absolute Gasteiger partial charge is 0.462 e. The van der Waals surface area contributed by atoms with Crippen molar-refractivity contribution in [1.82, 2.24) is 25.1 Å². The zero-order valence-corrected chi connectivity index (χ0v) is 17.4. The predicted molar refractivity (Wildman–Crippen MR) is 114 cm³/mol. The van der Waals surface area contributed by atoms with Gasteiger partial charge in [0.25, 0.3) is 0 Å². The number of nitrogens with one attached hydrogen (secondary N) is 1. The lowest BCUT2D eigenvalue weighted by atomic mass is 10.0. The van der Waals surface area contributed by atoms with Gasteiger partial charge in [-0.2, -0.15) is 10.1 Å². The Hall–Kier alpha value is -2.67. The molecule has 1 atom stereocenters. The van der Waals surface area contributed by atoms with Crippen LogP contribution in [0, 0.1) is 13.8 Å². The minimum Gasteiger partial charge on any atom is -0.462 e. The van der Waals surface area contributed by atoms with Crippen molar-refractivity contribution in [3.63, 3.8) is 0 Å². The Bertz CT molecular complexity index is 1050. The van der Waals surface area contributed by atoms with Crippen LogP contribution < -0.4 is 9.64 Å². The van der Waals surface area contributed by atoms with E-state index in [1.54, 1.807) is 0 Å². The number of anilines is 1. The monoisotopic (exact) mass is 392 g/mol. The first kappa shape index (κ1) is 18.4. The molecule has 1 N–H and O–H groups in total. The first-order chi connectivity index (χ1) is 14.1. The minimum absolute atomic E-state index is 0.466. The molecule has 0 aliphatic carbocycles. The van der Waals surface area contributed by atoms with Crippen LogP contribution in [0.25, 0.3) is 10.9 Å². The molecule has 1 unspecified atom stereocenters. The number of aromatic nitrogens is 4. The van der Waals surface area contributed by atoms with Crippen LogP contribution in [0.3, 0.4) is 0 Å². The second kappa shape index (κ2) is 7.30. The number of aryl methyl sites for hydroxylation is 2. The van der Waals surface area contributed by atoms with Gasteiger partial charge in [-0.25, -0.2) is 4.98 Å². The zero-order valence-electron chi connectivity index (χ0n) is 17.4. The molecule has 1 saturated heterocycles. The zero-order chi connectivity index (χ0) is 20.0. The maximum Gasteiger partial charge on any atom is 0.316 e. The first-order valence-corrected chi connectivity index (χ1v) is 10.5. The van der Waals surface area contributed by atoms with Crippen molar-refractivity contribution in [2.75, 3.05) is 31.6 Å². The molecule has 0 spiro atoms. The summed E-state index contributed by atoms with van der Waals surface area (Å²) in [7, 11) is 2.16. The molecular formula is C22H28N6O. The number of ether oxygens (including phenoxy) is 1. The third-order valence-electron chi connectivity index (χ3n) is 6.44. The lowest BCUT2D eigenvalue weighted by molar-refractivity contribution is 0.187. The SMILES string of the molecule is Cc1ccc2[nH]ncc2c1N1CCc2c(C)nc(OCC3CCCN3C)nc2C1. The van der Waals surface area contributed by atoms with Crippen molar-refractivity contribution in [1.29, 1.82) is 0 Å². The van der Waals surface area contributed by atoms with Gasteiger partial charge < -0.3 is 14.5 Å². The number of nitrogens with zero attached hydrogens (tertiary/aromatic N) is 5. The lowest BCUT2D eigenvalue weighted by Crippen LogP contribution is -2.33. The summed E-state index contributed by atoms with van der Waals surface area (Å²) in [4.78, 5) is 14.2. The molecular weight excluding hydrogens is 364 g/mol. The topological polar surface area (TPSA) is 70.2 Å². The molecule has 29 heavy (non-hydrogen) atoms. The van der Waals surface area contributed by atoms with Crippen LogP contribution in [-0.4, -0.2) is 57.9 Å². The normalized spacial score (nSPS) is 19.7. The Balaban J connectivity index is 1.41. The van der Waals surface area contributed by atoms with Gasteiger partial charge >= 0.3 is 6.01 Å². The Morgan fingerprint density at radius 2 is 2.10 bits per heavy atom. The second-order valence-corrected chi connectivity index (χ2v) is 8.34. The summed E-state index contributed by atoms with van der Waals surface area (Å²) < 4.78 is 6.03. The molecule has 1 aromatic carbocycles. The van der Waals surface area contributed by atoms with Crippen molar-refractivity contribution < 1.29 is 4.74 Å². The van der Waals surface area contributed by atoms with Crippen molar-refractivity contribution in [3.05, 3.63) is 40.8 Å². The van der Waals surface area contributed by atoms with Crippen molar-refractivity contribution in [3.8, 4) is 6.01 Å². The molecule has 152 valence electrons. The molecule has 5 rings (SSSR count). The first-order valence-electron chi connectivity index (χ1n) is 10.5.